The second-order valence-electron chi connectivity index (χ2n) is 4.62. The van der Waals surface area contributed by atoms with Gasteiger partial charge in [0.1, 0.15) is 12.9 Å². The Balaban J connectivity index is 2.48. The zero-order valence-corrected chi connectivity index (χ0v) is 13.0. The summed E-state index contributed by atoms with van der Waals surface area (Å²) in [5.41, 5.74) is 0. The van der Waals surface area contributed by atoms with E-state index in [9.17, 15) is 14.4 Å². The number of rotatable bonds is 10. The number of aldehydes is 1. The maximum absolute atomic E-state index is 11.9. The third-order valence-corrected chi connectivity index (χ3v) is 2.89. The molecule has 0 heterocycles. The van der Waals surface area contributed by atoms with Gasteiger partial charge in [-0.1, -0.05) is 18.7 Å². The van der Waals surface area contributed by atoms with E-state index in [1.165, 1.54) is 0 Å². The lowest BCUT2D eigenvalue weighted by atomic mass is 10.1. The van der Waals surface area contributed by atoms with Gasteiger partial charge in [-0.15, -0.1) is 0 Å². The Morgan fingerprint density at radius 3 is 2.57 bits per heavy atom. The van der Waals surface area contributed by atoms with Crippen molar-refractivity contribution in [1.29, 1.82) is 0 Å². The second-order valence-corrected chi connectivity index (χ2v) is 4.62. The van der Waals surface area contributed by atoms with E-state index in [1.54, 1.807) is 24.3 Å². The van der Waals surface area contributed by atoms with E-state index in [-0.39, 0.29) is 19.4 Å². The fraction of sp³-hybridized carbons (Fsp3) is 0.353. The van der Waals surface area contributed by atoms with Crippen LogP contribution in [0.1, 0.15) is 19.8 Å². The normalized spacial score (nSPS) is 11.2. The molecule has 0 aliphatic rings. The molecule has 0 amide bonds. The molecule has 0 radical (unpaired) electrons. The van der Waals surface area contributed by atoms with Crippen LogP contribution in [0.25, 0.3) is 0 Å². The van der Waals surface area contributed by atoms with Gasteiger partial charge in [0.05, 0.1) is 6.61 Å². The standard InChI is InChI=1S/C17H20O6/c1-3-16(19)22-12-13(11-18)9-10-17(20)23-15-8-6-5-7-14(15)21-4-2/h3,5-8,11,13H,1,4,9-10,12H2,2H3. The zero-order chi connectivity index (χ0) is 17.1. The minimum absolute atomic E-state index is 0.0233. The van der Waals surface area contributed by atoms with Gasteiger partial charge in [-0.3, -0.25) is 4.79 Å². The predicted octanol–water partition coefficient (Wildman–Crippen LogP) is 2.32. The molecule has 6 nitrogen and oxygen atoms in total. The van der Waals surface area contributed by atoms with E-state index in [1.807, 2.05) is 6.92 Å². The third kappa shape index (κ3) is 6.78. The first kappa shape index (κ1) is 18.4. The molecule has 0 spiro atoms. The number of esters is 2. The van der Waals surface area contributed by atoms with Crippen LogP contribution >= 0.6 is 0 Å². The highest BCUT2D eigenvalue weighted by Gasteiger charge is 2.15. The van der Waals surface area contributed by atoms with Crippen molar-refractivity contribution in [3.63, 3.8) is 0 Å². The number of hydrogen-bond acceptors (Lipinski definition) is 6. The van der Waals surface area contributed by atoms with Gasteiger partial charge >= 0.3 is 11.9 Å². The average Bonchev–Trinajstić information content (AvgIpc) is 2.56. The maximum atomic E-state index is 11.9. The molecule has 124 valence electrons. The Morgan fingerprint density at radius 1 is 1.26 bits per heavy atom. The van der Waals surface area contributed by atoms with E-state index < -0.39 is 17.9 Å². The molecule has 0 bridgehead atoms. The number of para-hydroxylation sites is 2. The van der Waals surface area contributed by atoms with Crippen molar-refractivity contribution < 1.29 is 28.6 Å². The summed E-state index contributed by atoms with van der Waals surface area (Å²) in [5.74, 6) is -0.840. The van der Waals surface area contributed by atoms with Gasteiger partial charge in [0.2, 0.25) is 0 Å². The minimum Gasteiger partial charge on any atom is -0.490 e. The summed E-state index contributed by atoms with van der Waals surface area (Å²) in [4.78, 5) is 33.7. The van der Waals surface area contributed by atoms with Crippen LogP contribution < -0.4 is 9.47 Å². The lowest BCUT2D eigenvalue weighted by Gasteiger charge is -2.12. The number of carbonyl (C=O) groups excluding carboxylic acids is 3. The van der Waals surface area contributed by atoms with Crippen LogP contribution in [-0.2, 0) is 19.1 Å². The van der Waals surface area contributed by atoms with E-state index in [0.717, 1.165) is 6.08 Å². The third-order valence-electron chi connectivity index (χ3n) is 2.89. The van der Waals surface area contributed by atoms with E-state index in [0.29, 0.717) is 24.4 Å². The van der Waals surface area contributed by atoms with Crippen molar-refractivity contribution in [2.24, 2.45) is 5.92 Å². The summed E-state index contributed by atoms with van der Waals surface area (Å²) in [6.45, 7) is 5.46. The number of benzene rings is 1. The van der Waals surface area contributed by atoms with Crippen molar-refractivity contribution in [3.8, 4) is 11.5 Å². The SMILES string of the molecule is C=CC(=O)OCC(C=O)CCC(=O)Oc1ccccc1OCC. The van der Waals surface area contributed by atoms with Gasteiger partial charge < -0.3 is 19.0 Å². The van der Waals surface area contributed by atoms with Crippen LogP contribution in [0.5, 0.6) is 11.5 Å². The van der Waals surface area contributed by atoms with Crippen LogP contribution in [0.2, 0.25) is 0 Å². The molecule has 1 rings (SSSR count). The van der Waals surface area contributed by atoms with E-state index >= 15 is 0 Å². The molecule has 0 saturated heterocycles. The van der Waals surface area contributed by atoms with E-state index in [4.69, 9.17) is 14.2 Å². The van der Waals surface area contributed by atoms with Crippen LogP contribution in [-0.4, -0.2) is 31.4 Å². The molecule has 0 fully saturated rings. The van der Waals surface area contributed by atoms with Gasteiger partial charge in [-0.05, 0) is 25.5 Å². The lowest BCUT2D eigenvalue weighted by molar-refractivity contribution is -0.139. The molecule has 23 heavy (non-hydrogen) atoms. The Bertz CT molecular complexity index is 552. The summed E-state index contributed by atoms with van der Waals surface area (Å²) < 4.78 is 15.4. The van der Waals surface area contributed by atoms with Crippen LogP contribution in [0, 0.1) is 5.92 Å². The lowest BCUT2D eigenvalue weighted by Crippen LogP contribution is -2.17. The first-order valence-electron chi connectivity index (χ1n) is 7.27. The Labute approximate surface area is 135 Å². The van der Waals surface area contributed by atoms with Gasteiger partial charge in [-0.2, -0.15) is 0 Å². The summed E-state index contributed by atoms with van der Waals surface area (Å²) in [7, 11) is 0. The highest BCUT2D eigenvalue weighted by Crippen LogP contribution is 2.26. The van der Waals surface area contributed by atoms with Crippen molar-refractivity contribution in [2.45, 2.75) is 19.8 Å². The summed E-state index contributed by atoms with van der Waals surface area (Å²) in [6, 6.07) is 6.84. The molecule has 1 aromatic rings. The first-order valence-corrected chi connectivity index (χ1v) is 7.27. The predicted molar refractivity (Wildman–Crippen MR) is 83.2 cm³/mol. The van der Waals surface area contributed by atoms with Crippen LogP contribution in [0.3, 0.4) is 0 Å². The Morgan fingerprint density at radius 2 is 1.96 bits per heavy atom. The molecular formula is C17H20O6. The molecular weight excluding hydrogens is 300 g/mol. The zero-order valence-electron chi connectivity index (χ0n) is 13.0. The monoisotopic (exact) mass is 320 g/mol. The van der Waals surface area contributed by atoms with Crippen LogP contribution in [0.15, 0.2) is 36.9 Å². The number of hydrogen-bond donors (Lipinski definition) is 0. The molecule has 6 heteroatoms. The summed E-state index contributed by atoms with van der Waals surface area (Å²) in [5, 5.41) is 0. The highest BCUT2D eigenvalue weighted by atomic mass is 16.6. The van der Waals surface area contributed by atoms with Crippen molar-refractivity contribution in [1.82, 2.24) is 0 Å². The molecule has 0 saturated carbocycles. The van der Waals surface area contributed by atoms with Gasteiger partial charge in [0.25, 0.3) is 0 Å². The molecule has 1 atom stereocenters. The molecule has 0 aromatic heterocycles. The number of carbonyl (C=O) groups is 3. The maximum Gasteiger partial charge on any atom is 0.330 e. The topological polar surface area (TPSA) is 78.9 Å². The van der Waals surface area contributed by atoms with E-state index in [2.05, 4.69) is 6.58 Å². The fourth-order valence-corrected chi connectivity index (χ4v) is 1.72. The smallest absolute Gasteiger partial charge is 0.330 e. The largest absolute Gasteiger partial charge is 0.490 e. The van der Waals surface area contributed by atoms with Gasteiger partial charge in [0, 0.05) is 18.4 Å². The summed E-state index contributed by atoms with van der Waals surface area (Å²) >= 11 is 0. The molecule has 0 N–H and O–H groups in total. The Hall–Kier alpha value is -2.63. The quantitative estimate of drug-likeness (QED) is 0.285. The molecule has 0 aliphatic carbocycles. The number of ether oxygens (including phenoxy) is 3. The van der Waals surface area contributed by atoms with Crippen molar-refractivity contribution in [3.05, 3.63) is 36.9 Å². The second kappa shape index (κ2) is 10.2. The fourth-order valence-electron chi connectivity index (χ4n) is 1.72. The first-order chi connectivity index (χ1) is 11.1. The minimum atomic E-state index is -0.606. The molecule has 1 unspecified atom stereocenters. The molecule has 1 aromatic carbocycles. The summed E-state index contributed by atoms with van der Waals surface area (Å²) in [6.07, 6.45) is 1.91. The van der Waals surface area contributed by atoms with Crippen molar-refractivity contribution in [2.75, 3.05) is 13.2 Å². The van der Waals surface area contributed by atoms with Crippen molar-refractivity contribution >= 4 is 18.2 Å². The van der Waals surface area contributed by atoms with Gasteiger partial charge in [0.15, 0.2) is 11.5 Å². The Kier molecular flexibility index (Phi) is 8.13. The molecule has 0 aliphatic heterocycles. The van der Waals surface area contributed by atoms with Crippen LogP contribution in [0.4, 0.5) is 0 Å². The highest BCUT2D eigenvalue weighted by molar-refractivity contribution is 5.81. The average molecular weight is 320 g/mol. The van der Waals surface area contributed by atoms with Gasteiger partial charge in [-0.25, -0.2) is 4.79 Å².